The van der Waals surface area contributed by atoms with Gasteiger partial charge in [-0.2, -0.15) is 0 Å². The van der Waals surface area contributed by atoms with Gasteiger partial charge in [-0.1, -0.05) is 29.4 Å². The lowest BCUT2D eigenvalue weighted by Gasteiger charge is -2.16. The number of rotatable bonds is 7. The Kier molecular flexibility index (Phi) is 6.49. The van der Waals surface area contributed by atoms with Crippen molar-refractivity contribution in [3.8, 4) is 11.5 Å². The fraction of sp³-hybridized carbons (Fsp3) is 0.192. The predicted octanol–water partition coefficient (Wildman–Crippen LogP) is 4.90. The van der Waals surface area contributed by atoms with Gasteiger partial charge in [0.05, 0.1) is 32.0 Å². The quantitative estimate of drug-likeness (QED) is 0.408. The fourth-order valence-electron chi connectivity index (χ4n) is 3.79. The second kappa shape index (κ2) is 9.66. The zero-order chi connectivity index (χ0) is 24.2. The van der Waals surface area contributed by atoms with Gasteiger partial charge in [-0.05, 0) is 43.2 Å². The van der Waals surface area contributed by atoms with Crippen molar-refractivity contribution in [1.82, 2.24) is 5.16 Å². The fourth-order valence-corrected chi connectivity index (χ4v) is 3.79. The highest BCUT2D eigenvalue weighted by Crippen LogP contribution is 2.37. The lowest BCUT2D eigenvalue weighted by Crippen LogP contribution is -2.16. The van der Waals surface area contributed by atoms with Crippen LogP contribution in [0, 0.1) is 13.8 Å². The van der Waals surface area contributed by atoms with E-state index in [1.807, 2.05) is 32.0 Å². The Labute approximate surface area is 196 Å². The Morgan fingerprint density at radius 3 is 2.21 bits per heavy atom. The molecule has 0 aliphatic carbocycles. The normalized spacial score (nSPS) is 10.7. The number of fused-ring (bicyclic) bond motifs is 1. The van der Waals surface area contributed by atoms with E-state index in [2.05, 4.69) is 15.8 Å². The number of aryl methyl sites for hydroxylation is 2. The molecule has 0 spiro atoms. The Morgan fingerprint density at radius 1 is 0.912 bits per heavy atom. The van der Waals surface area contributed by atoms with Crippen LogP contribution < -0.4 is 20.1 Å². The van der Waals surface area contributed by atoms with Gasteiger partial charge in [0.1, 0.15) is 17.2 Å². The summed E-state index contributed by atoms with van der Waals surface area (Å²) >= 11 is 0. The van der Waals surface area contributed by atoms with Crippen LogP contribution >= 0.6 is 0 Å². The first-order valence-corrected chi connectivity index (χ1v) is 10.7. The molecule has 4 rings (SSSR count). The first kappa shape index (κ1) is 22.8. The predicted molar refractivity (Wildman–Crippen MR) is 130 cm³/mol. The Balaban J connectivity index is 1.56. The van der Waals surface area contributed by atoms with Crippen LogP contribution in [0.25, 0.3) is 11.0 Å². The van der Waals surface area contributed by atoms with Crippen LogP contribution in [-0.2, 0) is 11.2 Å². The van der Waals surface area contributed by atoms with E-state index in [1.54, 1.807) is 36.4 Å². The SMILES string of the molecule is COc1cc(NC(=O)c2ccccc2)c(OC)cc1NC(=O)Cc1noc2c(C)cc(C)cc12. The topological polar surface area (TPSA) is 103 Å². The zero-order valence-electron chi connectivity index (χ0n) is 19.4. The molecule has 1 aromatic heterocycles. The van der Waals surface area contributed by atoms with Crippen LogP contribution in [0.3, 0.4) is 0 Å². The number of anilines is 2. The molecule has 0 fully saturated rings. The van der Waals surface area contributed by atoms with E-state index < -0.39 is 0 Å². The number of hydrogen-bond donors (Lipinski definition) is 2. The molecule has 0 saturated carbocycles. The van der Waals surface area contributed by atoms with Crippen molar-refractivity contribution in [2.24, 2.45) is 0 Å². The average Bonchev–Trinajstić information content (AvgIpc) is 3.22. The van der Waals surface area contributed by atoms with E-state index in [0.29, 0.717) is 39.7 Å². The molecule has 34 heavy (non-hydrogen) atoms. The van der Waals surface area contributed by atoms with Crippen LogP contribution in [0.15, 0.2) is 59.1 Å². The van der Waals surface area contributed by atoms with Crippen LogP contribution in [0.2, 0.25) is 0 Å². The number of hydrogen-bond acceptors (Lipinski definition) is 6. The number of nitrogens with one attached hydrogen (secondary N) is 2. The molecular formula is C26H25N3O5. The van der Waals surface area contributed by atoms with Crippen molar-refractivity contribution >= 4 is 34.2 Å². The first-order chi connectivity index (χ1) is 16.4. The number of amides is 2. The number of carbonyl (C=O) groups is 2. The Bertz CT molecular complexity index is 1360. The average molecular weight is 460 g/mol. The molecule has 0 radical (unpaired) electrons. The van der Waals surface area contributed by atoms with Crippen molar-refractivity contribution < 1.29 is 23.6 Å². The van der Waals surface area contributed by atoms with Crippen LogP contribution in [-0.4, -0.2) is 31.2 Å². The maximum atomic E-state index is 12.8. The first-order valence-electron chi connectivity index (χ1n) is 10.7. The molecule has 0 aliphatic heterocycles. The minimum Gasteiger partial charge on any atom is -0.494 e. The van der Waals surface area contributed by atoms with Gasteiger partial charge >= 0.3 is 0 Å². The molecule has 8 heteroatoms. The standard InChI is InChI=1S/C26H25N3O5/c1-15-10-16(2)25-18(11-15)19(29-34-25)14-24(30)27-20-12-23(33-4)21(13-22(20)32-3)28-26(31)17-8-6-5-7-9-17/h5-13H,14H2,1-4H3,(H,27,30)(H,28,31). The summed E-state index contributed by atoms with van der Waals surface area (Å²) in [5, 5.41) is 10.6. The molecular weight excluding hydrogens is 434 g/mol. The maximum absolute atomic E-state index is 12.8. The highest BCUT2D eigenvalue weighted by atomic mass is 16.5. The van der Waals surface area contributed by atoms with Crippen molar-refractivity contribution in [1.29, 1.82) is 0 Å². The van der Waals surface area contributed by atoms with Crippen molar-refractivity contribution in [3.05, 3.63) is 77.0 Å². The molecule has 0 unspecified atom stereocenters. The van der Waals surface area contributed by atoms with Gasteiger partial charge in [0.2, 0.25) is 5.91 Å². The number of aromatic nitrogens is 1. The number of nitrogens with zero attached hydrogens (tertiary/aromatic N) is 1. The second-order valence-electron chi connectivity index (χ2n) is 7.89. The van der Waals surface area contributed by atoms with Gasteiger partial charge in [-0.25, -0.2) is 0 Å². The zero-order valence-corrected chi connectivity index (χ0v) is 19.4. The highest BCUT2D eigenvalue weighted by molar-refractivity contribution is 6.05. The highest BCUT2D eigenvalue weighted by Gasteiger charge is 2.18. The van der Waals surface area contributed by atoms with Gasteiger partial charge in [-0.15, -0.1) is 0 Å². The summed E-state index contributed by atoms with van der Waals surface area (Å²) in [6, 6.07) is 16.0. The third-order valence-electron chi connectivity index (χ3n) is 5.38. The molecule has 2 amide bonds. The van der Waals surface area contributed by atoms with Gasteiger partial charge in [0.25, 0.3) is 5.91 Å². The lowest BCUT2D eigenvalue weighted by atomic mass is 10.1. The third kappa shape index (κ3) is 4.71. The number of methoxy groups -OCH3 is 2. The maximum Gasteiger partial charge on any atom is 0.255 e. The van der Waals surface area contributed by atoms with Crippen LogP contribution in [0.1, 0.15) is 27.2 Å². The number of carbonyl (C=O) groups excluding carboxylic acids is 2. The molecule has 0 atom stereocenters. The molecule has 1 heterocycles. The minimum absolute atomic E-state index is 0.0217. The Morgan fingerprint density at radius 2 is 1.56 bits per heavy atom. The van der Waals surface area contributed by atoms with E-state index in [4.69, 9.17) is 14.0 Å². The van der Waals surface area contributed by atoms with E-state index >= 15 is 0 Å². The number of ether oxygens (including phenoxy) is 2. The molecule has 174 valence electrons. The molecule has 3 aromatic carbocycles. The summed E-state index contributed by atoms with van der Waals surface area (Å²) in [6.07, 6.45) is 0.0217. The molecule has 0 saturated heterocycles. The van der Waals surface area contributed by atoms with Gasteiger partial charge < -0.3 is 24.6 Å². The summed E-state index contributed by atoms with van der Waals surface area (Å²) in [5.74, 6) is 0.157. The number of benzene rings is 3. The molecule has 8 nitrogen and oxygen atoms in total. The van der Waals surface area contributed by atoms with Gasteiger partial charge in [-0.3, -0.25) is 9.59 Å². The second-order valence-corrected chi connectivity index (χ2v) is 7.89. The minimum atomic E-state index is -0.296. The van der Waals surface area contributed by atoms with Crippen LogP contribution in [0.5, 0.6) is 11.5 Å². The molecule has 0 bridgehead atoms. The van der Waals surface area contributed by atoms with Crippen molar-refractivity contribution in [3.63, 3.8) is 0 Å². The van der Waals surface area contributed by atoms with E-state index in [1.165, 1.54) is 14.2 Å². The summed E-state index contributed by atoms with van der Waals surface area (Å²) in [7, 11) is 2.97. The summed E-state index contributed by atoms with van der Waals surface area (Å²) in [5.41, 5.74) is 4.58. The van der Waals surface area contributed by atoms with E-state index in [-0.39, 0.29) is 18.2 Å². The molecule has 0 aliphatic rings. The van der Waals surface area contributed by atoms with Crippen molar-refractivity contribution in [2.75, 3.05) is 24.9 Å². The molecule has 4 aromatic rings. The Hall–Kier alpha value is -4.33. The summed E-state index contributed by atoms with van der Waals surface area (Å²) in [6.45, 7) is 3.93. The van der Waals surface area contributed by atoms with Gasteiger partial charge in [0, 0.05) is 23.1 Å². The summed E-state index contributed by atoms with van der Waals surface area (Å²) in [4.78, 5) is 25.4. The lowest BCUT2D eigenvalue weighted by molar-refractivity contribution is -0.115. The third-order valence-corrected chi connectivity index (χ3v) is 5.38. The van der Waals surface area contributed by atoms with Crippen molar-refractivity contribution in [2.45, 2.75) is 20.3 Å². The monoisotopic (exact) mass is 459 g/mol. The van der Waals surface area contributed by atoms with E-state index in [0.717, 1.165) is 16.5 Å². The smallest absolute Gasteiger partial charge is 0.255 e. The molecule has 2 N–H and O–H groups in total. The summed E-state index contributed by atoms with van der Waals surface area (Å²) < 4.78 is 16.3. The van der Waals surface area contributed by atoms with Crippen LogP contribution in [0.4, 0.5) is 11.4 Å². The van der Waals surface area contributed by atoms with E-state index in [9.17, 15) is 9.59 Å². The largest absolute Gasteiger partial charge is 0.494 e. The van der Waals surface area contributed by atoms with Gasteiger partial charge in [0.15, 0.2) is 5.58 Å².